The molecule has 35 heavy (non-hydrogen) atoms. The highest BCUT2D eigenvalue weighted by atomic mass is 35.5. The molecular formula is C26H28ClF3N3OS+. The van der Waals surface area contributed by atoms with E-state index in [-0.39, 0.29) is 18.0 Å². The van der Waals surface area contributed by atoms with E-state index in [1.54, 1.807) is 23.6 Å². The summed E-state index contributed by atoms with van der Waals surface area (Å²) < 4.78 is 41.2. The number of halogens is 4. The number of likely N-dealkylation sites (tertiary alicyclic amines) is 1. The van der Waals surface area contributed by atoms with Crippen LogP contribution in [0.25, 0.3) is 11.3 Å². The predicted octanol–water partition coefficient (Wildman–Crippen LogP) is 7.56. The van der Waals surface area contributed by atoms with Gasteiger partial charge in [0.15, 0.2) is 5.13 Å². The number of hydrogen-bond donors (Lipinski definition) is 0. The number of anilines is 2. The normalized spacial score (nSPS) is 15.7. The lowest BCUT2D eigenvalue weighted by atomic mass is 10.1. The highest BCUT2D eigenvalue weighted by Crippen LogP contribution is 2.37. The van der Waals surface area contributed by atoms with E-state index in [1.165, 1.54) is 47.6 Å². The minimum atomic E-state index is -4.51. The molecule has 0 unspecified atom stereocenters. The second kappa shape index (κ2) is 10.7. The molecule has 4 nitrogen and oxygen atoms in total. The van der Waals surface area contributed by atoms with Gasteiger partial charge in [0.2, 0.25) is 5.91 Å². The van der Waals surface area contributed by atoms with E-state index < -0.39 is 11.7 Å². The minimum absolute atomic E-state index is 0.162. The molecule has 9 heteroatoms. The lowest BCUT2D eigenvalue weighted by Gasteiger charge is -2.38. The molecule has 1 aromatic heterocycles. The standard InChI is InChI=1S/C26H28ClF3N3OS/c1-33(13-3-2-4-14-33)15-7-12-24(34)32(22-11-6-9-20(17-22)26(28,29)30)25-31-23(18-35-25)19-8-5-10-21(27)16-19/h5-6,8-11,16-18H,2-4,7,12-15H2,1H3/q+1. The Balaban J connectivity index is 1.61. The molecule has 186 valence electrons. The van der Waals surface area contributed by atoms with Gasteiger partial charge in [0.05, 0.1) is 43.6 Å². The lowest BCUT2D eigenvalue weighted by molar-refractivity contribution is -0.914. The van der Waals surface area contributed by atoms with Crippen LogP contribution in [0.3, 0.4) is 0 Å². The molecule has 2 heterocycles. The number of hydrogen-bond acceptors (Lipinski definition) is 3. The fourth-order valence-electron chi connectivity index (χ4n) is 4.55. The van der Waals surface area contributed by atoms with Crippen LogP contribution in [0.5, 0.6) is 0 Å². The summed E-state index contributed by atoms with van der Waals surface area (Å²) in [7, 11) is 2.21. The number of amides is 1. The van der Waals surface area contributed by atoms with Crippen molar-refractivity contribution in [2.75, 3.05) is 31.6 Å². The summed E-state index contributed by atoms with van der Waals surface area (Å²) in [5.74, 6) is -0.264. The van der Waals surface area contributed by atoms with Crippen LogP contribution >= 0.6 is 22.9 Å². The molecule has 3 aromatic rings. The van der Waals surface area contributed by atoms with Gasteiger partial charge in [0.25, 0.3) is 0 Å². The topological polar surface area (TPSA) is 33.2 Å². The quantitative estimate of drug-likeness (QED) is 0.300. The number of rotatable bonds is 7. The van der Waals surface area contributed by atoms with E-state index in [9.17, 15) is 18.0 Å². The van der Waals surface area contributed by atoms with Gasteiger partial charge in [0.1, 0.15) is 0 Å². The molecule has 0 spiro atoms. The van der Waals surface area contributed by atoms with Crippen LogP contribution in [0.4, 0.5) is 24.0 Å². The van der Waals surface area contributed by atoms with Gasteiger partial charge in [-0.05, 0) is 49.6 Å². The number of carbonyl (C=O) groups is 1. The van der Waals surface area contributed by atoms with Crippen molar-refractivity contribution in [1.29, 1.82) is 0 Å². The van der Waals surface area contributed by atoms with Crippen LogP contribution in [0.1, 0.15) is 37.7 Å². The van der Waals surface area contributed by atoms with Gasteiger partial charge in [-0.25, -0.2) is 4.98 Å². The predicted molar refractivity (Wildman–Crippen MR) is 135 cm³/mol. The van der Waals surface area contributed by atoms with Gasteiger partial charge in [-0.15, -0.1) is 11.3 Å². The average molecular weight is 523 g/mol. The van der Waals surface area contributed by atoms with Gasteiger partial charge < -0.3 is 4.48 Å². The molecule has 0 N–H and O–H groups in total. The Labute approximate surface area is 212 Å². The highest BCUT2D eigenvalue weighted by Gasteiger charge is 2.32. The third kappa shape index (κ3) is 6.42. The number of benzene rings is 2. The average Bonchev–Trinajstić information content (AvgIpc) is 3.29. The first-order chi connectivity index (χ1) is 16.6. The molecule has 1 aliphatic heterocycles. The number of alkyl halides is 3. The summed E-state index contributed by atoms with van der Waals surface area (Å²) in [4.78, 5) is 19.4. The van der Waals surface area contributed by atoms with Crippen molar-refractivity contribution in [3.8, 4) is 11.3 Å². The van der Waals surface area contributed by atoms with Crippen LogP contribution in [0.2, 0.25) is 5.02 Å². The number of thiazole rings is 1. The Morgan fingerprint density at radius 3 is 2.57 bits per heavy atom. The minimum Gasteiger partial charge on any atom is -0.326 e. The van der Waals surface area contributed by atoms with E-state index in [0.29, 0.717) is 22.3 Å². The molecule has 4 rings (SSSR count). The Kier molecular flexibility index (Phi) is 7.83. The molecule has 0 aliphatic carbocycles. The largest absolute Gasteiger partial charge is 0.416 e. The van der Waals surface area contributed by atoms with Crippen LogP contribution < -0.4 is 4.90 Å². The molecule has 1 amide bonds. The first-order valence-corrected chi connectivity index (χ1v) is 13.0. The zero-order valence-electron chi connectivity index (χ0n) is 19.5. The maximum Gasteiger partial charge on any atom is 0.416 e. The molecule has 0 bridgehead atoms. The first kappa shape index (κ1) is 25.7. The molecule has 1 saturated heterocycles. The maximum atomic E-state index is 13.4. The van der Waals surface area contributed by atoms with E-state index in [1.807, 2.05) is 6.07 Å². The van der Waals surface area contributed by atoms with E-state index >= 15 is 0 Å². The summed E-state index contributed by atoms with van der Waals surface area (Å²) >= 11 is 7.33. The van der Waals surface area contributed by atoms with Gasteiger partial charge >= 0.3 is 6.18 Å². The Hall–Kier alpha value is -2.42. The van der Waals surface area contributed by atoms with E-state index in [2.05, 4.69) is 12.0 Å². The van der Waals surface area contributed by atoms with Crippen molar-refractivity contribution in [2.45, 2.75) is 38.3 Å². The monoisotopic (exact) mass is 522 g/mol. The van der Waals surface area contributed by atoms with Gasteiger partial charge in [-0.1, -0.05) is 29.8 Å². The van der Waals surface area contributed by atoms with Crippen molar-refractivity contribution in [3.05, 3.63) is 64.5 Å². The van der Waals surface area contributed by atoms with E-state index in [0.717, 1.165) is 41.8 Å². The third-order valence-electron chi connectivity index (χ3n) is 6.47. The number of nitrogens with zero attached hydrogens (tertiary/aromatic N) is 3. The second-order valence-electron chi connectivity index (χ2n) is 9.26. The molecule has 0 saturated carbocycles. The maximum absolute atomic E-state index is 13.4. The zero-order chi connectivity index (χ0) is 25.1. The van der Waals surface area contributed by atoms with Crippen LogP contribution in [0.15, 0.2) is 53.9 Å². The fourth-order valence-corrected chi connectivity index (χ4v) is 5.61. The number of aromatic nitrogens is 1. The summed E-state index contributed by atoms with van der Waals surface area (Å²) in [6.07, 6.45) is 0.00753. The molecule has 1 aliphatic rings. The third-order valence-corrected chi connectivity index (χ3v) is 7.53. The Bertz CT molecular complexity index is 1170. The number of quaternary nitrogens is 1. The number of piperidine rings is 1. The van der Waals surface area contributed by atoms with E-state index in [4.69, 9.17) is 11.6 Å². The van der Waals surface area contributed by atoms with Crippen LogP contribution in [-0.4, -0.2) is 42.1 Å². The summed E-state index contributed by atoms with van der Waals surface area (Å²) in [5, 5.41) is 2.68. The van der Waals surface area contributed by atoms with Crippen molar-refractivity contribution >= 4 is 39.7 Å². The lowest BCUT2D eigenvalue weighted by Crippen LogP contribution is -2.48. The molecule has 0 atom stereocenters. The van der Waals surface area contributed by atoms with Crippen molar-refractivity contribution in [2.24, 2.45) is 0 Å². The first-order valence-electron chi connectivity index (χ1n) is 11.7. The van der Waals surface area contributed by atoms with Gasteiger partial charge in [-0.2, -0.15) is 13.2 Å². The van der Waals surface area contributed by atoms with Crippen LogP contribution in [-0.2, 0) is 11.0 Å². The molecular weight excluding hydrogens is 495 g/mol. The molecule has 0 radical (unpaired) electrons. The van der Waals surface area contributed by atoms with Crippen molar-refractivity contribution < 1.29 is 22.4 Å². The summed E-state index contributed by atoms with van der Waals surface area (Å²) in [6.45, 7) is 3.07. The fraction of sp³-hybridized carbons (Fsp3) is 0.385. The highest BCUT2D eigenvalue weighted by molar-refractivity contribution is 7.14. The molecule has 1 fully saturated rings. The smallest absolute Gasteiger partial charge is 0.326 e. The zero-order valence-corrected chi connectivity index (χ0v) is 21.1. The van der Waals surface area contributed by atoms with Crippen LogP contribution in [0, 0.1) is 0 Å². The SMILES string of the molecule is C[N+]1(CCCC(=O)N(c2cccc(C(F)(F)F)c2)c2nc(-c3cccc(Cl)c3)cs2)CCCCC1. The van der Waals surface area contributed by atoms with Gasteiger partial charge in [0, 0.05) is 28.8 Å². The summed E-state index contributed by atoms with van der Waals surface area (Å²) in [6, 6.07) is 12.0. The van der Waals surface area contributed by atoms with Crippen molar-refractivity contribution in [1.82, 2.24) is 4.98 Å². The summed E-state index contributed by atoms with van der Waals surface area (Å²) in [5.41, 5.74) is 0.753. The Morgan fingerprint density at radius 2 is 1.86 bits per heavy atom. The Morgan fingerprint density at radius 1 is 1.11 bits per heavy atom. The second-order valence-corrected chi connectivity index (χ2v) is 10.5. The van der Waals surface area contributed by atoms with Gasteiger partial charge in [-0.3, -0.25) is 9.69 Å². The molecule has 2 aromatic carbocycles. The van der Waals surface area contributed by atoms with Crippen molar-refractivity contribution in [3.63, 3.8) is 0 Å². The number of carbonyl (C=O) groups excluding carboxylic acids is 1.